The van der Waals surface area contributed by atoms with Crippen molar-refractivity contribution in [2.75, 3.05) is 6.61 Å². The van der Waals surface area contributed by atoms with Gasteiger partial charge in [-0.25, -0.2) is 13.1 Å². The first-order chi connectivity index (χ1) is 6.99. The van der Waals surface area contributed by atoms with Gasteiger partial charge in [-0.15, -0.1) is 11.3 Å². The largest absolute Gasteiger partial charge is 0.395 e. The first-order valence-corrected chi connectivity index (χ1v) is 6.99. The minimum absolute atomic E-state index is 0.180. The molecule has 1 aromatic rings. The van der Waals surface area contributed by atoms with Gasteiger partial charge >= 0.3 is 0 Å². The van der Waals surface area contributed by atoms with Crippen LogP contribution in [0.3, 0.4) is 0 Å². The van der Waals surface area contributed by atoms with E-state index in [2.05, 4.69) is 4.72 Å². The molecule has 0 aliphatic carbocycles. The quantitative estimate of drug-likeness (QED) is 0.821. The third-order valence-electron chi connectivity index (χ3n) is 2.02. The molecule has 0 fully saturated rings. The van der Waals surface area contributed by atoms with E-state index in [0.717, 1.165) is 4.88 Å². The summed E-state index contributed by atoms with van der Waals surface area (Å²) in [5.74, 6) is 0. The maximum atomic E-state index is 11.8. The van der Waals surface area contributed by atoms with E-state index in [9.17, 15) is 8.42 Å². The topological polar surface area (TPSA) is 66.4 Å². The molecule has 0 unspecified atom stereocenters. The molecule has 0 aromatic carbocycles. The van der Waals surface area contributed by atoms with Crippen molar-refractivity contribution in [1.29, 1.82) is 0 Å². The Morgan fingerprint density at radius 1 is 1.53 bits per heavy atom. The van der Waals surface area contributed by atoms with E-state index in [4.69, 9.17) is 5.11 Å². The molecule has 0 radical (unpaired) electrons. The minimum atomic E-state index is -3.45. The fourth-order valence-electron chi connectivity index (χ4n) is 1.08. The lowest BCUT2D eigenvalue weighted by Gasteiger charge is -2.12. The molecule has 0 aliphatic rings. The molecule has 0 spiro atoms. The maximum Gasteiger partial charge on any atom is 0.250 e. The van der Waals surface area contributed by atoms with Crippen LogP contribution in [0.2, 0.25) is 0 Å². The number of rotatable bonds is 5. The monoisotopic (exact) mass is 249 g/mol. The highest BCUT2D eigenvalue weighted by atomic mass is 32.2. The van der Waals surface area contributed by atoms with Crippen molar-refractivity contribution in [3.05, 3.63) is 17.0 Å². The molecule has 0 amide bonds. The zero-order chi connectivity index (χ0) is 11.5. The van der Waals surface area contributed by atoms with Gasteiger partial charge in [0.15, 0.2) is 0 Å². The highest BCUT2D eigenvalue weighted by Crippen LogP contribution is 2.20. The summed E-state index contributed by atoms with van der Waals surface area (Å²) in [4.78, 5) is 0.951. The van der Waals surface area contributed by atoms with Crippen LogP contribution in [0.1, 0.15) is 18.2 Å². The number of hydrogen-bond acceptors (Lipinski definition) is 4. The summed E-state index contributed by atoms with van der Waals surface area (Å²) in [6, 6.07) is 2.93. The molecule has 0 saturated carbocycles. The van der Waals surface area contributed by atoms with E-state index < -0.39 is 16.1 Å². The third kappa shape index (κ3) is 3.27. The first kappa shape index (κ1) is 12.6. The smallest absolute Gasteiger partial charge is 0.250 e. The number of hydrogen-bond donors (Lipinski definition) is 2. The van der Waals surface area contributed by atoms with Crippen LogP contribution < -0.4 is 4.72 Å². The molecule has 1 aromatic heterocycles. The Kier molecular flexibility index (Phi) is 4.27. The van der Waals surface area contributed by atoms with Crippen molar-refractivity contribution >= 4 is 21.4 Å². The molecule has 0 saturated heterocycles. The SMILES string of the molecule is CC[C@H](CO)NS(=O)(=O)c1ccc(C)s1. The van der Waals surface area contributed by atoms with Gasteiger partial charge in [-0.05, 0) is 25.5 Å². The molecule has 1 atom stereocenters. The lowest BCUT2D eigenvalue weighted by Crippen LogP contribution is -2.36. The fourth-order valence-corrected chi connectivity index (χ4v) is 3.69. The molecule has 0 bridgehead atoms. The molecule has 0 aliphatic heterocycles. The molecule has 2 N–H and O–H groups in total. The van der Waals surface area contributed by atoms with Crippen LogP contribution >= 0.6 is 11.3 Å². The van der Waals surface area contributed by atoms with Crippen LogP contribution in [-0.2, 0) is 10.0 Å². The molecular formula is C9H15NO3S2. The molecule has 6 heteroatoms. The van der Waals surface area contributed by atoms with Gasteiger partial charge in [0, 0.05) is 10.9 Å². The Labute approximate surface area is 94.0 Å². The van der Waals surface area contributed by atoms with Crippen molar-refractivity contribution in [1.82, 2.24) is 4.72 Å². The second kappa shape index (κ2) is 5.07. The Morgan fingerprint density at radius 2 is 2.20 bits per heavy atom. The second-order valence-electron chi connectivity index (χ2n) is 3.27. The van der Waals surface area contributed by atoms with Crippen molar-refractivity contribution in [3.63, 3.8) is 0 Å². The van der Waals surface area contributed by atoms with Crippen LogP contribution in [0.4, 0.5) is 0 Å². The van der Waals surface area contributed by atoms with Gasteiger partial charge in [-0.2, -0.15) is 0 Å². The number of aryl methyl sites for hydroxylation is 1. The van der Waals surface area contributed by atoms with E-state index in [1.54, 1.807) is 12.1 Å². The number of nitrogens with one attached hydrogen (secondary N) is 1. The lowest BCUT2D eigenvalue weighted by molar-refractivity contribution is 0.254. The van der Waals surface area contributed by atoms with E-state index in [-0.39, 0.29) is 6.61 Å². The second-order valence-corrected chi connectivity index (χ2v) is 6.50. The number of thiophene rings is 1. The third-order valence-corrected chi connectivity index (χ3v) is 5.03. The van der Waals surface area contributed by atoms with Crippen molar-refractivity contribution in [2.45, 2.75) is 30.5 Å². The van der Waals surface area contributed by atoms with Crippen LogP contribution in [0, 0.1) is 6.92 Å². The summed E-state index contributed by atoms with van der Waals surface area (Å²) in [7, 11) is -3.45. The summed E-state index contributed by atoms with van der Waals surface area (Å²) >= 11 is 1.23. The van der Waals surface area contributed by atoms with Crippen LogP contribution in [0.5, 0.6) is 0 Å². The molecule has 4 nitrogen and oxygen atoms in total. The molecule has 1 rings (SSSR count). The Hall–Kier alpha value is -0.430. The summed E-state index contributed by atoms with van der Waals surface area (Å²) in [5, 5.41) is 8.92. The van der Waals surface area contributed by atoms with Gasteiger partial charge < -0.3 is 5.11 Å². The highest BCUT2D eigenvalue weighted by molar-refractivity contribution is 7.91. The van der Waals surface area contributed by atoms with Crippen LogP contribution in [0.25, 0.3) is 0 Å². The van der Waals surface area contributed by atoms with Crippen molar-refractivity contribution in [3.8, 4) is 0 Å². The van der Waals surface area contributed by atoms with E-state index in [1.165, 1.54) is 11.3 Å². The highest BCUT2D eigenvalue weighted by Gasteiger charge is 2.19. The maximum absolute atomic E-state index is 11.8. The number of sulfonamides is 1. The standard InChI is InChI=1S/C9H15NO3S2/c1-3-8(6-11)10-15(12,13)9-5-4-7(2)14-9/h4-5,8,10-11H,3,6H2,1-2H3/t8-/m1/s1. The summed E-state index contributed by atoms with van der Waals surface area (Å²) in [6.07, 6.45) is 0.570. The Bertz CT molecular complexity index is 407. The molecule has 1 heterocycles. The van der Waals surface area contributed by atoms with E-state index >= 15 is 0 Å². The van der Waals surface area contributed by atoms with E-state index in [0.29, 0.717) is 10.6 Å². The van der Waals surface area contributed by atoms with Crippen molar-refractivity contribution < 1.29 is 13.5 Å². The van der Waals surface area contributed by atoms with Gasteiger partial charge in [0.05, 0.1) is 6.61 Å². The predicted molar refractivity (Wildman–Crippen MR) is 60.5 cm³/mol. The molecular weight excluding hydrogens is 234 g/mol. The van der Waals surface area contributed by atoms with Gasteiger partial charge in [0.25, 0.3) is 0 Å². The lowest BCUT2D eigenvalue weighted by atomic mass is 10.3. The zero-order valence-electron chi connectivity index (χ0n) is 8.73. The Balaban J connectivity index is 2.84. The van der Waals surface area contributed by atoms with Gasteiger partial charge in [0.1, 0.15) is 4.21 Å². The van der Waals surface area contributed by atoms with Crippen LogP contribution in [-0.4, -0.2) is 26.2 Å². The minimum Gasteiger partial charge on any atom is -0.395 e. The fraction of sp³-hybridized carbons (Fsp3) is 0.556. The summed E-state index contributed by atoms with van der Waals surface area (Å²) in [6.45, 7) is 3.50. The van der Waals surface area contributed by atoms with E-state index in [1.807, 2.05) is 13.8 Å². The normalized spacial score (nSPS) is 14.1. The molecule has 86 valence electrons. The van der Waals surface area contributed by atoms with Crippen molar-refractivity contribution in [2.24, 2.45) is 0 Å². The Morgan fingerprint density at radius 3 is 2.60 bits per heavy atom. The van der Waals surface area contributed by atoms with Gasteiger partial charge in [-0.3, -0.25) is 0 Å². The summed E-state index contributed by atoms with van der Waals surface area (Å²) in [5.41, 5.74) is 0. The average molecular weight is 249 g/mol. The van der Waals surface area contributed by atoms with Gasteiger partial charge in [-0.1, -0.05) is 6.92 Å². The van der Waals surface area contributed by atoms with Crippen LogP contribution in [0.15, 0.2) is 16.3 Å². The predicted octanol–water partition coefficient (Wildman–Crippen LogP) is 1.11. The number of aliphatic hydroxyl groups excluding tert-OH is 1. The molecule has 15 heavy (non-hydrogen) atoms. The first-order valence-electron chi connectivity index (χ1n) is 4.69. The number of aliphatic hydroxyl groups is 1. The van der Waals surface area contributed by atoms with Gasteiger partial charge in [0.2, 0.25) is 10.0 Å². The zero-order valence-corrected chi connectivity index (χ0v) is 10.4. The summed E-state index contributed by atoms with van der Waals surface area (Å²) < 4.78 is 26.3. The average Bonchev–Trinajstić information content (AvgIpc) is 2.62.